The predicted molar refractivity (Wildman–Crippen MR) is 90.3 cm³/mol. The lowest BCUT2D eigenvalue weighted by molar-refractivity contribution is -0.128. The van der Waals surface area contributed by atoms with Crippen LogP contribution >= 0.6 is 28.3 Å². The Morgan fingerprint density at radius 3 is 2.90 bits per heavy atom. The minimum Gasteiger partial charge on any atom is -0.480 e. The molecule has 4 nitrogen and oxygen atoms in total. The highest BCUT2D eigenvalue weighted by molar-refractivity contribution is 9.10. The number of hydrogen-bond acceptors (Lipinski definition) is 3. The van der Waals surface area contributed by atoms with Crippen LogP contribution < -0.4 is 15.4 Å². The molecule has 1 unspecified atom stereocenters. The van der Waals surface area contributed by atoms with Crippen LogP contribution in [0.3, 0.4) is 0 Å². The zero-order valence-corrected chi connectivity index (χ0v) is 14.7. The Morgan fingerprint density at radius 2 is 2.29 bits per heavy atom. The molecule has 0 saturated carbocycles. The van der Waals surface area contributed by atoms with E-state index in [9.17, 15) is 4.79 Å². The standard InChI is InChI=1S/C15H21BrN2O2.ClH/c1-10-5-6-14(13(16)8-10)20-11(2)15(19)18-12-4-3-7-17-9-12;/h5-6,8,11-12,17H,3-4,7,9H2,1-2H3,(H,18,19);1H/t11?,12-;/m0./s1. The number of hydrogen-bond donors (Lipinski definition) is 2. The van der Waals surface area contributed by atoms with Crippen LogP contribution in [-0.4, -0.2) is 31.1 Å². The van der Waals surface area contributed by atoms with Crippen molar-refractivity contribution in [3.05, 3.63) is 28.2 Å². The van der Waals surface area contributed by atoms with Crippen LogP contribution in [0.25, 0.3) is 0 Å². The molecule has 1 aromatic rings. The third-order valence-electron chi connectivity index (χ3n) is 3.40. The molecule has 0 aliphatic carbocycles. The molecular formula is C15H22BrClN2O2. The molecule has 118 valence electrons. The number of amides is 1. The van der Waals surface area contributed by atoms with E-state index >= 15 is 0 Å². The van der Waals surface area contributed by atoms with Gasteiger partial charge >= 0.3 is 0 Å². The van der Waals surface area contributed by atoms with E-state index in [0.717, 1.165) is 36.0 Å². The van der Waals surface area contributed by atoms with E-state index in [-0.39, 0.29) is 24.4 Å². The molecule has 1 heterocycles. The number of ether oxygens (including phenoxy) is 1. The summed E-state index contributed by atoms with van der Waals surface area (Å²) in [6, 6.07) is 6.04. The van der Waals surface area contributed by atoms with E-state index in [2.05, 4.69) is 26.6 Å². The highest BCUT2D eigenvalue weighted by atomic mass is 79.9. The first-order chi connectivity index (χ1) is 9.56. The average molecular weight is 378 g/mol. The molecule has 0 aromatic heterocycles. The van der Waals surface area contributed by atoms with Crippen molar-refractivity contribution in [3.8, 4) is 5.75 Å². The van der Waals surface area contributed by atoms with Crippen LogP contribution in [0, 0.1) is 6.92 Å². The van der Waals surface area contributed by atoms with Crippen LogP contribution in [0.2, 0.25) is 0 Å². The lowest BCUT2D eigenvalue weighted by atomic mass is 10.1. The van der Waals surface area contributed by atoms with Gasteiger partial charge in [0.25, 0.3) is 5.91 Å². The Labute approximate surface area is 140 Å². The van der Waals surface area contributed by atoms with Crippen molar-refractivity contribution < 1.29 is 9.53 Å². The molecule has 0 radical (unpaired) electrons. The molecule has 2 atom stereocenters. The Kier molecular flexibility index (Phi) is 7.49. The molecule has 6 heteroatoms. The van der Waals surface area contributed by atoms with E-state index < -0.39 is 6.10 Å². The second kappa shape index (κ2) is 8.61. The highest BCUT2D eigenvalue weighted by Crippen LogP contribution is 2.26. The molecule has 2 rings (SSSR count). The Bertz CT molecular complexity index is 479. The third-order valence-corrected chi connectivity index (χ3v) is 4.02. The Morgan fingerprint density at radius 1 is 1.52 bits per heavy atom. The second-order valence-electron chi connectivity index (χ2n) is 5.25. The lowest BCUT2D eigenvalue weighted by Crippen LogP contribution is -2.49. The van der Waals surface area contributed by atoms with Gasteiger partial charge in [-0.05, 0) is 66.9 Å². The van der Waals surface area contributed by atoms with Gasteiger partial charge in [-0.2, -0.15) is 0 Å². The van der Waals surface area contributed by atoms with Gasteiger partial charge in [0.2, 0.25) is 0 Å². The predicted octanol–water partition coefficient (Wildman–Crippen LogP) is 2.81. The normalized spacial score (nSPS) is 19.3. The molecule has 2 N–H and O–H groups in total. The smallest absolute Gasteiger partial charge is 0.261 e. The van der Waals surface area contributed by atoms with Gasteiger partial charge < -0.3 is 15.4 Å². The van der Waals surface area contributed by atoms with Gasteiger partial charge in [0.05, 0.1) is 4.47 Å². The zero-order valence-electron chi connectivity index (χ0n) is 12.3. The first-order valence-corrected chi connectivity index (χ1v) is 7.79. The fraction of sp³-hybridized carbons (Fsp3) is 0.533. The fourth-order valence-corrected chi connectivity index (χ4v) is 2.83. The monoisotopic (exact) mass is 376 g/mol. The van der Waals surface area contributed by atoms with Crippen LogP contribution in [0.4, 0.5) is 0 Å². The van der Waals surface area contributed by atoms with E-state index in [0.29, 0.717) is 5.75 Å². The molecule has 1 aliphatic heterocycles. The van der Waals surface area contributed by atoms with Crippen LogP contribution in [0.5, 0.6) is 5.75 Å². The van der Waals surface area contributed by atoms with Crippen LogP contribution in [-0.2, 0) is 4.79 Å². The number of piperidine rings is 1. The molecule has 1 amide bonds. The average Bonchev–Trinajstić information content (AvgIpc) is 2.43. The van der Waals surface area contributed by atoms with Crippen molar-refractivity contribution in [2.45, 2.75) is 38.8 Å². The first-order valence-electron chi connectivity index (χ1n) is 7.00. The SMILES string of the molecule is Cc1ccc(OC(C)C(=O)N[C@H]2CCCNC2)c(Br)c1.Cl. The van der Waals surface area contributed by atoms with E-state index in [1.54, 1.807) is 6.92 Å². The molecule has 0 spiro atoms. The summed E-state index contributed by atoms with van der Waals surface area (Å²) in [6.45, 7) is 5.67. The van der Waals surface area contributed by atoms with Gasteiger partial charge in [-0.25, -0.2) is 0 Å². The van der Waals surface area contributed by atoms with Crippen molar-refractivity contribution >= 4 is 34.2 Å². The summed E-state index contributed by atoms with van der Waals surface area (Å²) < 4.78 is 6.60. The van der Waals surface area contributed by atoms with Crippen LogP contribution in [0.15, 0.2) is 22.7 Å². The largest absolute Gasteiger partial charge is 0.480 e. The zero-order chi connectivity index (χ0) is 14.5. The van der Waals surface area contributed by atoms with Crippen molar-refractivity contribution in [1.29, 1.82) is 0 Å². The molecule has 0 bridgehead atoms. The summed E-state index contributed by atoms with van der Waals surface area (Å²) in [5.74, 6) is 0.631. The van der Waals surface area contributed by atoms with Crippen molar-refractivity contribution in [3.63, 3.8) is 0 Å². The van der Waals surface area contributed by atoms with Crippen molar-refractivity contribution in [2.24, 2.45) is 0 Å². The maximum atomic E-state index is 12.1. The number of aryl methyl sites for hydroxylation is 1. The summed E-state index contributed by atoms with van der Waals surface area (Å²) in [4.78, 5) is 12.1. The van der Waals surface area contributed by atoms with Gasteiger partial charge in [-0.15, -0.1) is 12.4 Å². The number of carbonyl (C=O) groups excluding carboxylic acids is 1. The summed E-state index contributed by atoms with van der Waals surface area (Å²) >= 11 is 3.46. The number of nitrogens with one attached hydrogen (secondary N) is 2. The number of rotatable bonds is 4. The van der Waals surface area contributed by atoms with Gasteiger partial charge in [0.1, 0.15) is 5.75 Å². The minimum absolute atomic E-state index is 0. The second-order valence-corrected chi connectivity index (χ2v) is 6.10. The molecular weight excluding hydrogens is 356 g/mol. The maximum absolute atomic E-state index is 12.1. The molecule has 21 heavy (non-hydrogen) atoms. The molecule has 1 saturated heterocycles. The van der Waals surface area contributed by atoms with Gasteiger partial charge in [0, 0.05) is 12.6 Å². The number of benzene rings is 1. The minimum atomic E-state index is -0.504. The van der Waals surface area contributed by atoms with Gasteiger partial charge in [-0.1, -0.05) is 6.07 Å². The van der Waals surface area contributed by atoms with Gasteiger partial charge in [0.15, 0.2) is 6.10 Å². The van der Waals surface area contributed by atoms with Gasteiger partial charge in [-0.3, -0.25) is 4.79 Å². The highest BCUT2D eigenvalue weighted by Gasteiger charge is 2.21. The summed E-state index contributed by atoms with van der Waals surface area (Å²) in [5.41, 5.74) is 1.15. The Hall–Kier alpha value is -0.780. The summed E-state index contributed by atoms with van der Waals surface area (Å²) in [6.07, 6.45) is 1.62. The summed E-state index contributed by atoms with van der Waals surface area (Å²) in [7, 11) is 0. The quantitative estimate of drug-likeness (QED) is 0.848. The number of halogens is 2. The topological polar surface area (TPSA) is 50.4 Å². The molecule has 1 aromatic carbocycles. The molecule has 1 fully saturated rings. The van der Waals surface area contributed by atoms with E-state index in [1.807, 2.05) is 25.1 Å². The van der Waals surface area contributed by atoms with E-state index in [1.165, 1.54) is 0 Å². The lowest BCUT2D eigenvalue weighted by Gasteiger charge is -2.25. The Balaban J connectivity index is 0.00000220. The number of carbonyl (C=O) groups is 1. The van der Waals surface area contributed by atoms with Crippen LogP contribution in [0.1, 0.15) is 25.3 Å². The van der Waals surface area contributed by atoms with Crippen molar-refractivity contribution in [1.82, 2.24) is 10.6 Å². The van der Waals surface area contributed by atoms with Crippen molar-refractivity contribution in [2.75, 3.05) is 13.1 Å². The third kappa shape index (κ3) is 5.49. The first kappa shape index (κ1) is 18.3. The fourth-order valence-electron chi connectivity index (χ4n) is 2.24. The summed E-state index contributed by atoms with van der Waals surface area (Å²) in [5, 5.41) is 6.31. The maximum Gasteiger partial charge on any atom is 0.261 e. The van der Waals surface area contributed by atoms with E-state index in [4.69, 9.17) is 4.74 Å². The molecule has 1 aliphatic rings.